The van der Waals surface area contributed by atoms with Gasteiger partial charge in [-0.25, -0.2) is 9.67 Å². The van der Waals surface area contributed by atoms with E-state index in [1.807, 2.05) is 4.68 Å². The van der Waals surface area contributed by atoms with E-state index in [1.54, 1.807) is 25.1 Å². The van der Waals surface area contributed by atoms with E-state index in [1.165, 1.54) is 6.33 Å². The largest absolute Gasteiger partial charge is 0.484 e. The molecular weight excluding hydrogens is 290 g/mol. The van der Waals surface area contributed by atoms with E-state index in [4.69, 9.17) is 16.3 Å². The Bertz CT molecular complexity index is 596. The van der Waals surface area contributed by atoms with Crippen LogP contribution in [0.25, 0.3) is 0 Å². The molecule has 1 atom stereocenters. The van der Waals surface area contributed by atoms with Crippen LogP contribution in [-0.2, 0) is 13.2 Å². The van der Waals surface area contributed by atoms with Crippen molar-refractivity contribution in [1.82, 2.24) is 14.8 Å². The zero-order chi connectivity index (χ0) is 15.4. The zero-order valence-corrected chi connectivity index (χ0v) is 13.2. The van der Waals surface area contributed by atoms with E-state index < -0.39 is 6.10 Å². The van der Waals surface area contributed by atoms with Crippen LogP contribution in [0.5, 0.6) is 5.75 Å². The first kappa shape index (κ1) is 15.8. The molecule has 5 nitrogen and oxygen atoms in total. The van der Waals surface area contributed by atoms with Crippen molar-refractivity contribution >= 4 is 11.6 Å². The van der Waals surface area contributed by atoms with Crippen LogP contribution in [-0.4, -0.2) is 19.9 Å². The average Bonchev–Trinajstić information content (AvgIpc) is 2.83. The molecule has 21 heavy (non-hydrogen) atoms. The molecule has 0 amide bonds. The lowest BCUT2D eigenvalue weighted by Crippen LogP contribution is -2.12. The van der Waals surface area contributed by atoms with Crippen molar-refractivity contribution < 1.29 is 9.84 Å². The summed E-state index contributed by atoms with van der Waals surface area (Å²) in [4.78, 5) is 4.20. The third-order valence-electron chi connectivity index (χ3n) is 3.03. The fourth-order valence-corrected chi connectivity index (χ4v) is 2.18. The molecule has 0 radical (unpaired) electrons. The number of benzene rings is 1. The molecule has 1 aromatic carbocycles. The van der Waals surface area contributed by atoms with Gasteiger partial charge >= 0.3 is 0 Å². The van der Waals surface area contributed by atoms with Crippen LogP contribution < -0.4 is 4.74 Å². The molecule has 0 saturated carbocycles. The summed E-state index contributed by atoms with van der Waals surface area (Å²) < 4.78 is 7.54. The maximum Gasteiger partial charge on any atom is 0.164 e. The number of ether oxygens (including phenoxy) is 1. The molecule has 2 aromatic rings. The van der Waals surface area contributed by atoms with Gasteiger partial charge in [-0.2, -0.15) is 5.10 Å². The van der Waals surface area contributed by atoms with E-state index >= 15 is 0 Å². The van der Waals surface area contributed by atoms with Crippen molar-refractivity contribution in [3.05, 3.63) is 40.9 Å². The van der Waals surface area contributed by atoms with Crippen molar-refractivity contribution in [2.45, 2.75) is 40.0 Å². The minimum absolute atomic E-state index is 0.306. The average molecular weight is 310 g/mol. The van der Waals surface area contributed by atoms with Gasteiger partial charge in [0.15, 0.2) is 5.82 Å². The van der Waals surface area contributed by atoms with Crippen molar-refractivity contribution in [2.75, 3.05) is 0 Å². The van der Waals surface area contributed by atoms with Gasteiger partial charge in [-0.1, -0.05) is 31.5 Å². The Morgan fingerprint density at radius 1 is 1.33 bits per heavy atom. The maximum absolute atomic E-state index is 9.52. The van der Waals surface area contributed by atoms with Gasteiger partial charge in [0.25, 0.3) is 0 Å². The topological polar surface area (TPSA) is 60.2 Å². The Morgan fingerprint density at radius 2 is 2.10 bits per heavy atom. The predicted octanol–water partition coefficient (Wildman–Crippen LogP) is 3.22. The predicted molar refractivity (Wildman–Crippen MR) is 81.3 cm³/mol. The van der Waals surface area contributed by atoms with Crippen LogP contribution in [0.4, 0.5) is 0 Å². The molecule has 0 spiro atoms. The molecule has 0 bridgehead atoms. The number of aromatic nitrogens is 3. The fraction of sp³-hybridized carbons (Fsp3) is 0.467. The summed E-state index contributed by atoms with van der Waals surface area (Å²) in [6.07, 6.45) is 0.977. The number of hydrogen-bond acceptors (Lipinski definition) is 4. The van der Waals surface area contributed by atoms with Gasteiger partial charge in [-0.3, -0.25) is 0 Å². The van der Waals surface area contributed by atoms with Crippen molar-refractivity contribution in [3.63, 3.8) is 0 Å². The molecule has 0 aliphatic heterocycles. The number of rotatable bonds is 6. The van der Waals surface area contributed by atoms with Crippen LogP contribution in [0.15, 0.2) is 24.5 Å². The molecule has 0 unspecified atom stereocenters. The van der Waals surface area contributed by atoms with Crippen LogP contribution in [0, 0.1) is 5.92 Å². The monoisotopic (exact) mass is 309 g/mol. The van der Waals surface area contributed by atoms with E-state index in [-0.39, 0.29) is 0 Å². The summed E-state index contributed by atoms with van der Waals surface area (Å²) in [6, 6.07) is 5.26. The highest BCUT2D eigenvalue weighted by Crippen LogP contribution is 2.28. The highest BCUT2D eigenvalue weighted by molar-refractivity contribution is 6.32. The first-order valence-corrected chi connectivity index (χ1v) is 7.32. The third-order valence-corrected chi connectivity index (χ3v) is 3.32. The smallest absolute Gasteiger partial charge is 0.164 e. The highest BCUT2D eigenvalue weighted by Gasteiger charge is 2.10. The molecule has 0 aliphatic rings. The van der Waals surface area contributed by atoms with Crippen LogP contribution in [0.1, 0.15) is 38.3 Å². The lowest BCUT2D eigenvalue weighted by atomic mass is 10.1. The van der Waals surface area contributed by atoms with Crippen molar-refractivity contribution in [2.24, 2.45) is 5.92 Å². The van der Waals surface area contributed by atoms with Gasteiger partial charge in [0, 0.05) is 6.54 Å². The van der Waals surface area contributed by atoms with Crippen LogP contribution >= 0.6 is 11.6 Å². The lowest BCUT2D eigenvalue weighted by Gasteiger charge is -2.12. The Kier molecular flexibility index (Phi) is 5.20. The second-order valence-corrected chi connectivity index (χ2v) is 5.81. The fourth-order valence-electron chi connectivity index (χ4n) is 1.93. The van der Waals surface area contributed by atoms with Gasteiger partial charge in [0.05, 0.1) is 11.1 Å². The SMILES string of the molecule is CC(C)Cn1ncnc1COc1ccc([C@@H](C)O)cc1Cl. The summed E-state index contributed by atoms with van der Waals surface area (Å²) >= 11 is 6.16. The molecule has 1 N–H and O–H groups in total. The second-order valence-electron chi connectivity index (χ2n) is 5.41. The molecule has 6 heteroatoms. The summed E-state index contributed by atoms with van der Waals surface area (Å²) in [7, 11) is 0. The van der Waals surface area contributed by atoms with Gasteiger partial charge in [0.2, 0.25) is 0 Å². The summed E-state index contributed by atoms with van der Waals surface area (Å²) in [5.41, 5.74) is 0.760. The first-order chi connectivity index (χ1) is 9.97. The number of aliphatic hydroxyl groups excluding tert-OH is 1. The molecule has 114 valence electrons. The Morgan fingerprint density at radius 3 is 2.71 bits per heavy atom. The minimum atomic E-state index is -0.550. The molecule has 0 saturated heterocycles. The molecule has 0 aliphatic carbocycles. The normalized spacial score (nSPS) is 12.7. The zero-order valence-electron chi connectivity index (χ0n) is 12.5. The summed E-state index contributed by atoms with van der Waals surface area (Å²) in [5, 5.41) is 14.2. The van der Waals surface area contributed by atoms with Crippen molar-refractivity contribution in [1.29, 1.82) is 0 Å². The van der Waals surface area contributed by atoms with Crippen LogP contribution in [0.2, 0.25) is 5.02 Å². The number of hydrogen-bond donors (Lipinski definition) is 1. The minimum Gasteiger partial charge on any atom is -0.484 e. The van der Waals surface area contributed by atoms with E-state index in [0.29, 0.717) is 23.3 Å². The Labute approximate surface area is 129 Å². The maximum atomic E-state index is 9.52. The van der Waals surface area contributed by atoms with Gasteiger partial charge < -0.3 is 9.84 Å². The Hall–Kier alpha value is -1.59. The van der Waals surface area contributed by atoms with E-state index in [2.05, 4.69) is 23.9 Å². The molecule has 1 aromatic heterocycles. The summed E-state index contributed by atoms with van der Waals surface area (Å²) in [6.45, 7) is 7.05. The van der Waals surface area contributed by atoms with E-state index in [9.17, 15) is 5.11 Å². The molecule has 1 heterocycles. The quantitative estimate of drug-likeness (QED) is 0.890. The highest BCUT2D eigenvalue weighted by atomic mass is 35.5. The standard InChI is InChI=1S/C15H20ClN3O2/c1-10(2)7-19-15(17-9-18-19)8-21-14-5-4-12(11(3)20)6-13(14)16/h4-6,9-11,20H,7-8H2,1-3H3/t11-/m1/s1. The molecule has 2 rings (SSSR count). The van der Waals surface area contributed by atoms with Crippen molar-refractivity contribution in [3.8, 4) is 5.75 Å². The van der Waals surface area contributed by atoms with Gasteiger partial charge in [-0.15, -0.1) is 0 Å². The van der Waals surface area contributed by atoms with Gasteiger partial charge in [-0.05, 0) is 30.5 Å². The van der Waals surface area contributed by atoms with Gasteiger partial charge in [0.1, 0.15) is 18.7 Å². The van der Waals surface area contributed by atoms with E-state index in [0.717, 1.165) is 17.9 Å². The molecule has 0 fully saturated rings. The third kappa shape index (κ3) is 4.19. The number of aliphatic hydroxyl groups is 1. The molecular formula is C15H20ClN3O2. The number of nitrogens with zero attached hydrogens (tertiary/aromatic N) is 3. The number of halogens is 1. The first-order valence-electron chi connectivity index (χ1n) is 6.94. The summed E-state index contributed by atoms with van der Waals surface area (Å²) in [5.74, 6) is 1.82. The van der Waals surface area contributed by atoms with Crippen LogP contribution in [0.3, 0.4) is 0 Å². The lowest BCUT2D eigenvalue weighted by molar-refractivity contribution is 0.199. The second kappa shape index (κ2) is 6.91. The Balaban J connectivity index is 2.05.